The minimum Gasteiger partial charge on any atom is -0.456 e. The predicted molar refractivity (Wildman–Crippen MR) is 254 cm³/mol. The molecule has 5 heteroatoms. The number of aromatic nitrogens is 4. The maximum Gasteiger partial charge on any atom is 0.160 e. The van der Waals surface area contributed by atoms with Gasteiger partial charge in [0, 0.05) is 49.5 Å². The van der Waals surface area contributed by atoms with Gasteiger partial charge in [0.1, 0.15) is 16.9 Å². The number of furan rings is 1. The van der Waals surface area contributed by atoms with Gasteiger partial charge in [0.05, 0.1) is 22.6 Å². The zero-order chi connectivity index (χ0) is 41.0. The lowest BCUT2D eigenvalue weighted by molar-refractivity contribution is 0.669. The third-order valence-electron chi connectivity index (χ3n) is 11.8. The third-order valence-corrected chi connectivity index (χ3v) is 11.8. The lowest BCUT2D eigenvalue weighted by Crippen LogP contribution is -1.96. The van der Waals surface area contributed by atoms with Crippen molar-refractivity contribution in [3.63, 3.8) is 0 Å². The molecular formula is C57H36N4O. The molecule has 62 heavy (non-hydrogen) atoms. The molecule has 0 amide bonds. The Bertz CT molecular complexity index is 3630. The molecule has 5 nitrogen and oxygen atoms in total. The lowest BCUT2D eigenvalue weighted by Gasteiger charge is -2.12. The fourth-order valence-corrected chi connectivity index (χ4v) is 8.83. The van der Waals surface area contributed by atoms with E-state index in [1.54, 1.807) is 0 Å². The second kappa shape index (κ2) is 14.7. The molecule has 0 spiro atoms. The fraction of sp³-hybridized carbons (Fsp3) is 0. The van der Waals surface area contributed by atoms with E-state index in [9.17, 15) is 0 Å². The lowest BCUT2D eigenvalue weighted by atomic mass is 9.95. The van der Waals surface area contributed by atoms with Gasteiger partial charge in [0.15, 0.2) is 5.82 Å². The molecule has 0 aliphatic rings. The van der Waals surface area contributed by atoms with Crippen molar-refractivity contribution in [2.24, 2.45) is 0 Å². The van der Waals surface area contributed by atoms with Crippen molar-refractivity contribution >= 4 is 38.2 Å². The van der Waals surface area contributed by atoms with Crippen LogP contribution in [0.2, 0.25) is 0 Å². The largest absolute Gasteiger partial charge is 0.456 e. The molecule has 0 atom stereocenters. The highest BCUT2D eigenvalue weighted by Gasteiger charge is 2.22. The summed E-state index contributed by atoms with van der Waals surface area (Å²) in [6.07, 6.45) is 0. The second-order valence-corrected chi connectivity index (χ2v) is 15.6. The van der Waals surface area contributed by atoms with Gasteiger partial charge in [0.25, 0.3) is 0 Å². The van der Waals surface area contributed by atoms with Crippen LogP contribution in [0.4, 0.5) is 0 Å². The minimum absolute atomic E-state index is 0.653. The van der Waals surface area contributed by atoms with Crippen LogP contribution in [-0.4, -0.2) is 19.6 Å². The average molecular weight is 793 g/mol. The SMILES string of the molecule is c1ccc(-c2cc(-c3cccc(-c4nn5c(-c6ccccc6)cc6ccccc6c5c4-c4ccccc4)c3)nc(-c3cccc(-c4ccc5oc6ccccc6c5c4)c3)n2)cc1. The van der Waals surface area contributed by atoms with E-state index in [1.165, 1.54) is 0 Å². The molecule has 0 N–H and O–H groups in total. The molecule has 0 fully saturated rings. The van der Waals surface area contributed by atoms with E-state index < -0.39 is 0 Å². The number of benzene rings is 8. The van der Waals surface area contributed by atoms with Crippen molar-refractivity contribution in [1.82, 2.24) is 19.6 Å². The summed E-state index contributed by atoms with van der Waals surface area (Å²) in [6, 6.07) is 76.2. The first-order valence-corrected chi connectivity index (χ1v) is 20.8. The molecule has 0 saturated heterocycles. The summed E-state index contributed by atoms with van der Waals surface area (Å²) >= 11 is 0. The Balaban J connectivity index is 1.03. The van der Waals surface area contributed by atoms with E-state index in [1.807, 2.05) is 18.2 Å². The predicted octanol–water partition coefficient (Wildman–Crippen LogP) is 14.8. The zero-order valence-electron chi connectivity index (χ0n) is 33.5. The first kappa shape index (κ1) is 35.5. The summed E-state index contributed by atoms with van der Waals surface area (Å²) in [5.74, 6) is 0.653. The van der Waals surface area contributed by atoms with Crippen molar-refractivity contribution in [3.8, 4) is 78.7 Å². The second-order valence-electron chi connectivity index (χ2n) is 15.6. The van der Waals surface area contributed by atoms with Gasteiger partial charge in [-0.25, -0.2) is 14.5 Å². The Kier molecular flexibility index (Phi) is 8.42. The van der Waals surface area contributed by atoms with E-state index in [0.29, 0.717) is 5.82 Å². The number of hydrogen-bond donors (Lipinski definition) is 0. The normalized spacial score (nSPS) is 11.5. The zero-order valence-corrected chi connectivity index (χ0v) is 33.5. The van der Waals surface area contributed by atoms with Gasteiger partial charge >= 0.3 is 0 Å². The van der Waals surface area contributed by atoms with Gasteiger partial charge in [-0.3, -0.25) is 0 Å². The minimum atomic E-state index is 0.653. The number of rotatable bonds is 7. The first-order chi connectivity index (χ1) is 30.7. The summed E-state index contributed by atoms with van der Waals surface area (Å²) in [7, 11) is 0. The number of para-hydroxylation sites is 1. The van der Waals surface area contributed by atoms with Crippen molar-refractivity contribution in [1.29, 1.82) is 0 Å². The van der Waals surface area contributed by atoms with Crippen LogP contribution in [0.1, 0.15) is 0 Å². The molecule has 12 aromatic rings. The van der Waals surface area contributed by atoms with Gasteiger partial charge < -0.3 is 4.42 Å². The summed E-state index contributed by atoms with van der Waals surface area (Å²) < 4.78 is 8.28. The number of fused-ring (bicyclic) bond motifs is 6. The van der Waals surface area contributed by atoms with Gasteiger partial charge in [-0.15, -0.1) is 0 Å². The molecule has 290 valence electrons. The van der Waals surface area contributed by atoms with E-state index in [0.717, 1.165) is 111 Å². The van der Waals surface area contributed by atoms with E-state index in [4.69, 9.17) is 19.5 Å². The van der Waals surface area contributed by atoms with Crippen LogP contribution >= 0.6 is 0 Å². The molecule has 0 bridgehead atoms. The van der Waals surface area contributed by atoms with Gasteiger partial charge in [0.2, 0.25) is 0 Å². The van der Waals surface area contributed by atoms with Crippen molar-refractivity contribution in [2.75, 3.05) is 0 Å². The van der Waals surface area contributed by atoms with Crippen LogP contribution in [0.3, 0.4) is 0 Å². The van der Waals surface area contributed by atoms with Crippen molar-refractivity contribution < 1.29 is 4.42 Å². The van der Waals surface area contributed by atoms with E-state index in [2.05, 4.69) is 205 Å². The molecule has 8 aromatic carbocycles. The van der Waals surface area contributed by atoms with Crippen LogP contribution in [0.25, 0.3) is 117 Å². The summed E-state index contributed by atoms with van der Waals surface area (Å²) in [4.78, 5) is 10.5. The van der Waals surface area contributed by atoms with Crippen LogP contribution < -0.4 is 0 Å². The van der Waals surface area contributed by atoms with Crippen LogP contribution in [0, 0.1) is 0 Å². The molecule has 0 unspecified atom stereocenters. The Morgan fingerprint density at radius 3 is 1.71 bits per heavy atom. The van der Waals surface area contributed by atoms with Crippen LogP contribution in [0.5, 0.6) is 0 Å². The molecular weight excluding hydrogens is 757 g/mol. The maximum absolute atomic E-state index is 6.14. The quantitative estimate of drug-likeness (QED) is 0.161. The van der Waals surface area contributed by atoms with E-state index in [-0.39, 0.29) is 0 Å². The van der Waals surface area contributed by atoms with Crippen LogP contribution in [0.15, 0.2) is 223 Å². The Morgan fingerprint density at radius 1 is 0.355 bits per heavy atom. The van der Waals surface area contributed by atoms with Gasteiger partial charge in [-0.2, -0.15) is 5.10 Å². The standard InChI is InChI=1S/C57H36N4O/c1-4-16-37(17-5-1)49-36-50(59-57(58-49)45-26-14-23-40(32-45)41-30-31-53-48(34-41)47-28-12-13-29-52(47)62-53)43-24-15-25-44(33-43)55-54(39-20-8-3-9-21-39)56-46-27-11-10-22-42(46)35-51(61(56)60-55)38-18-6-2-7-19-38/h1-36H. The number of hydrogen-bond acceptors (Lipinski definition) is 4. The average Bonchev–Trinajstić information content (AvgIpc) is 3.94. The van der Waals surface area contributed by atoms with Crippen molar-refractivity contribution in [2.45, 2.75) is 0 Å². The fourth-order valence-electron chi connectivity index (χ4n) is 8.83. The van der Waals surface area contributed by atoms with Gasteiger partial charge in [-0.05, 0) is 64.5 Å². The molecule has 0 aliphatic carbocycles. The third kappa shape index (κ3) is 6.14. The summed E-state index contributed by atoms with van der Waals surface area (Å²) in [5, 5.41) is 10.0. The molecule has 12 rings (SSSR count). The Morgan fingerprint density at radius 2 is 0.919 bits per heavy atom. The number of pyridine rings is 1. The highest BCUT2D eigenvalue weighted by molar-refractivity contribution is 6.09. The smallest absolute Gasteiger partial charge is 0.160 e. The molecule has 4 aromatic heterocycles. The molecule has 0 saturated carbocycles. The highest BCUT2D eigenvalue weighted by Crippen LogP contribution is 2.42. The first-order valence-electron chi connectivity index (χ1n) is 20.8. The van der Waals surface area contributed by atoms with E-state index >= 15 is 0 Å². The Labute approximate surface area is 357 Å². The number of nitrogens with zero attached hydrogens (tertiary/aromatic N) is 4. The highest BCUT2D eigenvalue weighted by atomic mass is 16.3. The molecule has 0 radical (unpaired) electrons. The Hall–Kier alpha value is -8.41. The molecule has 0 aliphatic heterocycles. The summed E-state index contributed by atoms with van der Waals surface area (Å²) in [6.45, 7) is 0. The topological polar surface area (TPSA) is 56.2 Å². The van der Waals surface area contributed by atoms with Crippen LogP contribution in [-0.2, 0) is 0 Å². The van der Waals surface area contributed by atoms with Crippen molar-refractivity contribution in [3.05, 3.63) is 218 Å². The monoisotopic (exact) mass is 792 g/mol. The van der Waals surface area contributed by atoms with Gasteiger partial charge in [-0.1, -0.05) is 176 Å². The maximum atomic E-state index is 6.14. The summed E-state index contributed by atoms with van der Waals surface area (Å²) in [5.41, 5.74) is 15.9. The molecule has 4 heterocycles.